The Kier molecular flexibility index (Phi) is 3.45. The summed E-state index contributed by atoms with van der Waals surface area (Å²) in [7, 11) is 0. The number of ketones is 1. The molecule has 0 saturated carbocycles. The topological polar surface area (TPSA) is 99.1 Å². The lowest BCUT2D eigenvalue weighted by atomic mass is 10.1. The first-order chi connectivity index (χ1) is 10.6. The zero-order chi connectivity index (χ0) is 15.5. The van der Waals surface area contributed by atoms with Gasteiger partial charge in [0.25, 0.3) is 11.6 Å². The lowest BCUT2D eigenvalue weighted by Gasteiger charge is -1.96. The highest BCUT2D eigenvalue weighted by molar-refractivity contribution is 6.06. The molecule has 0 bridgehead atoms. The fraction of sp³-hybridized carbons (Fsp3) is 0. The van der Waals surface area contributed by atoms with Gasteiger partial charge in [0.2, 0.25) is 11.6 Å². The fourth-order valence-corrected chi connectivity index (χ4v) is 1.90. The lowest BCUT2D eigenvalue weighted by molar-refractivity contribution is -0.384. The van der Waals surface area contributed by atoms with E-state index in [0.717, 1.165) is 0 Å². The zero-order valence-electron chi connectivity index (χ0n) is 11.2. The second-order valence-corrected chi connectivity index (χ2v) is 4.43. The van der Waals surface area contributed by atoms with Crippen LogP contribution < -0.4 is 0 Å². The molecule has 0 aliphatic carbocycles. The SMILES string of the molecule is O=C(c1cccc([N+](=O)[O-])c1)c1noc(-c2ccccc2)n1. The largest absolute Gasteiger partial charge is 0.333 e. The molecule has 1 heterocycles. The molecule has 1 aromatic heterocycles. The van der Waals surface area contributed by atoms with E-state index in [2.05, 4.69) is 10.1 Å². The molecule has 3 rings (SSSR count). The van der Waals surface area contributed by atoms with Gasteiger partial charge in [-0.25, -0.2) is 0 Å². The van der Waals surface area contributed by atoms with Gasteiger partial charge in [0.15, 0.2) is 0 Å². The molecule has 22 heavy (non-hydrogen) atoms. The van der Waals surface area contributed by atoms with Crippen molar-refractivity contribution in [1.82, 2.24) is 10.1 Å². The van der Waals surface area contributed by atoms with Gasteiger partial charge in [0.05, 0.1) is 4.92 Å². The number of nitro benzene ring substituents is 1. The van der Waals surface area contributed by atoms with E-state index >= 15 is 0 Å². The van der Waals surface area contributed by atoms with Gasteiger partial charge in [0.1, 0.15) is 0 Å². The molecule has 0 atom stereocenters. The maximum absolute atomic E-state index is 12.3. The molecule has 0 aliphatic rings. The van der Waals surface area contributed by atoms with Crippen LogP contribution in [0.2, 0.25) is 0 Å². The molecular formula is C15H9N3O4. The Labute approximate surface area is 124 Å². The molecule has 7 heteroatoms. The number of nitro groups is 1. The third kappa shape index (κ3) is 2.59. The number of non-ortho nitro benzene ring substituents is 1. The van der Waals surface area contributed by atoms with Gasteiger partial charge in [0, 0.05) is 23.3 Å². The summed E-state index contributed by atoms with van der Waals surface area (Å²) in [6.07, 6.45) is 0. The van der Waals surface area contributed by atoms with Crippen molar-refractivity contribution in [3.8, 4) is 11.5 Å². The minimum Gasteiger partial charge on any atom is -0.333 e. The molecule has 0 fully saturated rings. The van der Waals surface area contributed by atoms with Crippen LogP contribution in [0.1, 0.15) is 16.2 Å². The number of nitrogens with zero attached hydrogens (tertiary/aromatic N) is 3. The van der Waals surface area contributed by atoms with Gasteiger partial charge in [-0.15, -0.1) is 0 Å². The van der Waals surface area contributed by atoms with Crippen molar-refractivity contribution >= 4 is 11.5 Å². The first kappa shape index (κ1) is 13.6. The average molecular weight is 295 g/mol. The van der Waals surface area contributed by atoms with E-state index in [0.29, 0.717) is 5.56 Å². The third-order valence-corrected chi connectivity index (χ3v) is 2.97. The molecule has 7 nitrogen and oxygen atoms in total. The summed E-state index contributed by atoms with van der Waals surface area (Å²) in [6, 6.07) is 14.4. The monoisotopic (exact) mass is 295 g/mol. The van der Waals surface area contributed by atoms with Crippen LogP contribution in [0.25, 0.3) is 11.5 Å². The summed E-state index contributed by atoms with van der Waals surface area (Å²) in [5, 5.41) is 14.4. The predicted molar refractivity (Wildman–Crippen MR) is 76.3 cm³/mol. The van der Waals surface area contributed by atoms with Crippen molar-refractivity contribution in [1.29, 1.82) is 0 Å². The van der Waals surface area contributed by atoms with Crippen LogP contribution in [-0.2, 0) is 0 Å². The van der Waals surface area contributed by atoms with Crippen LogP contribution in [0, 0.1) is 10.1 Å². The van der Waals surface area contributed by atoms with Gasteiger partial charge < -0.3 is 4.52 Å². The van der Waals surface area contributed by atoms with Crippen LogP contribution in [0.4, 0.5) is 5.69 Å². The Morgan fingerprint density at radius 3 is 2.59 bits per heavy atom. The molecule has 0 saturated heterocycles. The number of carbonyl (C=O) groups is 1. The van der Waals surface area contributed by atoms with Crippen molar-refractivity contribution in [3.05, 3.63) is 76.1 Å². The minimum absolute atomic E-state index is 0.134. The summed E-state index contributed by atoms with van der Waals surface area (Å²) < 4.78 is 5.06. The van der Waals surface area contributed by atoms with Crippen molar-refractivity contribution in [3.63, 3.8) is 0 Å². The smallest absolute Gasteiger partial charge is 0.270 e. The first-order valence-corrected chi connectivity index (χ1v) is 6.33. The summed E-state index contributed by atoms with van der Waals surface area (Å²) in [4.78, 5) is 26.5. The van der Waals surface area contributed by atoms with E-state index in [-0.39, 0.29) is 23.0 Å². The van der Waals surface area contributed by atoms with Gasteiger partial charge >= 0.3 is 0 Å². The number of aromatic nitrogens is 2. The molecule has 108 valence electrons. The lowest BCUT2D eigenvalue weighted by Crippen LogP contribution is -2.04. The molecule has 0 aliphatic heterocycles. The molecule has 2 aromatic carbocycles. The van der Waals surface area contributed by atoms with E-state index in [1.54, 1.807) is 12.1 Å². The molecule has 0 radical (unpaired) electrons. The molecular weight excluding hydrogens is 286 g/mol. The Morgan fingerprint density at radius 1 is 1.09 bits per heavy atom. The highest BCUT2D eigenvalue weighted by atomic mass is 16.6. The summed E-state index contributed by atoms with van der Waals surface area (Å²) in [6.45, 7) is 0. The number of benzene rings is 2. The maximum Gasteiger partial charge on any atom is 0.270 e. The molecule has 0 N–H and O–H groups in total. The summed E-state index contributed by atoms with van der Waals surface area (Å²) in [5.74, 6) is -0.455. The fourth-order valence-electron chi connectivity index (χ4n) is 1.90. The van der Waals surface area contributed by atoms with Crippen LogP contribution in [0.15, 0.2) is 59.1 Å². The first-order valence-electron chi connectivity index (χ1n) is 6.33. The number of carbonyl (C=O) groups excluding carboxylic acids is 1. The Balaban J connectivity index is 1.92. The Morgan fingerprint density at radius 2 is 1.86 bits per heavy atom. The number of rotatable bonds is 4. The van der Waals surface area contributed by atoms with Crippen molar-refractivity contribution in [2.45, 2.75) is 0 Å². The van der Waals surface area contributed by atoms with Gasteiger partial charge in [-0.2, -0.15) is 4.98 Å². The van der Waals surface area contributed by atoms with Gasteiger partial charge in [-0.1, -0.05) is 35.5 Å². The predicted octanol–water partition coefficient (Wildman–Crippen LogP) is 2.88. The van der Waals surface area contributed by atoms with Gasteiger partial charge in [-0.05, 0) is 12.1 Å². The van der Waals surface area contributed by atoms with Gasteiger partial charge in [-0.3, -0.25) is 14.9 Å². The molecule has 0 spiro atoms. The van der Waals surface area contributed by atoms with E-state index < -0.39 is 10.7 Å². The quantitative estimate of drug-likeness (QED) is 0.417. The van der Waals surface area contributed by atoms with E-state index in [1.807, 2.05) is 18.2 Å². The second kappa shape index (κ2) is 5.57. The average Bonchev–Trinajstić information content (AvgIpc) is 3.05. The van der Waals surface area contributed by atoms with Crippen LogP contribution in [0.3, 0.4) is 0 Å². The van der Waals surface area contributed by atoms with Crippen molar-refractivity contribution in [2.24, 2.45) is 0 Å². The van der Waals surface area contributed by atoms with Crippen LogP contribution >= 0.6 is 0 Å². The third-order valence-electron chi connectivity index (χ3n) is 2.97. The van der Waals surface area contributed by atoms with E-state index in [4.69, 9.17) is 4.52 Å². The van der Waals surface area contributed by atoms with Crippen LogP contribution in [-0.4, -0.2) is 20.8 Å². The Bertz CT molecular complexity index is 843. The van der Waals surface area contributed by atoms with Crippen molar-refractivity contribution in [2.75, 3.05) is 0 Å². The Hall–Kier alpha value is -3.35. The maximum atomic E-state index is 12.3. The molecule has 3 aromatic rings. The zero-order valence-corrected chi connectivity index (χ0v) is 11.2. The molecule has 0 amide bonds. The van der Waals surface area contributed by atoms with E-state index in [9.17, 15) is 14.9 Å². The highest BCUT2D eigenvalue weighted by Gasteiger charge is 2.19. The summed E-state index contributed by atoms with van der Waals surface area (Å²) >= 11 is 0. The minimum atomic E-state index is -0.567. The number of hydrogen-bond donors (Lipinski definition) is 0. The van der Waals surface area contributed by atoms with Crippen LogP contribution in [0.5, 0.6) is 0 Å². The molecule has 0 unspecified atom stereocenters. The standard InChI is InChI=1S/C15H9N3O4/c19-13(11-7-4-8-12(9-11)18(20)21)14-16-15(22-17-14)10-5-2-1-3-6-10/h1-9H. The van der Waals surface area contributed by atoms with E-state index in [1.165, 1.54) is 24.3 Å². The second-order valence-electron chi connectivity index (χ2n) is 4.43. The normalized spacial score (nSPS) is 10.4. The summed E-state index contributed by atoms with van der Waals surface area (Å²) in [5.41, 5.74) is 0.653. The van der Waals surface area contributed by atoms with Crippen molar-refractivity contribution < 1.29 is 14.2 Å². The highest BCUT2D eigenvalue weighted by Crippen LogP contribution is 2.19. The number of hydrogen-bond acceptors (Lipinski definition) is 6.